The molecule has 0 saturated carbocycles. The molecule has 0 unspecified atom stereocenters. The van der Waals surface area contributed by atoms with Crippen LogP contribution in [0.3, 0.4) is 0 Å². The fourth-order valence-corrected chi connectivity index (χ4v) is 3.56. The van der Waals surface area contributed by atoms with Crippen LogP contribution in [0.25, 0.3) is 28.4 Å². The van der Waals surface area contributed by atoms with E-state index >= 15 is 0 Å². The number of nitro groups is 1. The fourth-order valence-electron chi connectivity index (χ4n) is 3.56. The summed E-state index contributed by atoms with van der Waals surface area (Å²) in [7, 11) is 1.58. The van der Waals surface area contributed by atoms with E-state index in [0.29, 0.717) is 22.6 Å². The van der Waals surface area contributed by atoms with E-state index in [-0.39, 0.29) is 29.6 Å². The van der Waals surface area contributed by atoms with Gasteiger partial charge in [0.15, 0.2) is 6.61 Å². The minimum absolute atomic E-state index is 0.0545. The number of non-ortho nitro benzene ring substituents is 1. The lowest BCUT2D eigenvalue weighted by atomic mass is 10.1. The van der Waals surface area contributed by atoms with Crippen LogP contribution in [0.1, 0.15) is 16.2 Å². The molecule has 5 rings (SSSR count). The average Bonchev–Trinajstić information content (AvgIpc) is 3.60. The molecule has 0 fully saturated rings. The lowest BCUT2D eigenvalue weighted by molar-refractivity contribution is -0.384. The highest BCUT2D eigenvalue weighted by molar-refractivity contribution is 5.96. The molecule has 5 aromatic rings. The molecule has 2 heterocycles. The number of hydrogen-bond donors (Lipinski definition) is 0. The summed E-state index contributed by atoms with van der Waals surface area (Å²) in [6.07, 6.45) is 1.60. The van der Waals surface area contributed by atoms with E-state index in [4.69, 9.17) is 13.9 Å². The van der Waals surface area contributed by atoms with Gasteiger partial charge in [0.25, 0.3) is 11.6 Å². The first kappa shape index (κ1) is 23.4. The number of methoxy groups -OCH3 is 1. The molecule has 0 N–H and O–H groups in total. The Bertz CT molecular complexity index is 1540. The van der Waals surface area contributed by atoms with Gasteiger partial charge >= 0.3 is 5.97 Å². The number of carbonyl (C=O) groups excluding carboxylic acids is 1. The first-order valence-corrected chi connectivity index (χ1v) is 11.1. The number of carbonyl (C=O) groups is 1. The minimum atomic E-state index is -0.622. The molecule has 0 atom stereocenters. The largest absolute Gasteiger partial charge is 0.497 e. The Morgan fingerprint density at radius 1 is 0.973 bits per heavy atom. The van der Waals surface area contributed by atoms with Gasteiger partial charge in [0, 0.05) is 29.5 Å². The van der Waals surface area contributed by atoms with Crippen LogP contribution in [-0.4, -0.2) is 38.0 Å². The Morgan fingerprint density at radius 2 is 1.68 bits per heavy atom. The Hall–Kier alpha value is -5.32. The molecule has 0 aliphatic rings. The lowest BCUT2D eigenvalue weighted by Gasteiger charge is -2.04. The van der Waals surface area contributed by atoms with Crippen LogP contribution in [0.15, 0.2) is 89.5 Å². The van der Waals surface area contributed by atoms with Crippen molar-refractivity contribution in [1.29, 1.82) is 0 Å². The quantitative estimate of drug-likeness (QED) is 0.167. The number of para-hydroxylation sites is 1. The molecule has 11 nitrogen and oxygen atoms in total. The van der Waals surface area contributed by atoms with Crippen LogP contribution in [0.2, 0.25) is 0 Å². The maximum Gasteiger partial charge on any atom is 0.342 e. The third-order valence-electron chi connectivity index (χ3n) is 5.44. The van der Waals surface area contributed by atoms with Gasteiger partial charge < -0.3 is 13.9 Å². The summed E-state index contributed by atoms with van der Waals surface area (Å²) < 4.78 is 17.9. The number of esters is 1. The van der Waals surface area contributed by atoms with E-state index in [1.54, 1.807) is 30.1 Å². The fraction of sp³-hybridized carbons (Fsp3) is 0.0769. The van der Waals surface area contributed by atoms with Gasteiger partial charge in [-0.1, -0.05) is 18.2 Å². The number of aromatic nitrogens is 4. The molecule has 0 spiro atoms. The maximum absolute atomic E-state index is 13.1. The van der Waals surface area contributed by atoms with Crippen molar-refractivity contribution in [2.45, 2.75) is 6.61 Å². The summed E-state index contributed by atoms with van der Waals surface area (Å²) in [6, 6.07) is 22.2. The van der Waals surface area contributed by atoms with E-state index in [1.165, 1.54) is 24.3 Å². The monoisotopic (exact) mass is 497 g/mol. The predicted octanol–water partition coefficient (Wildman–Crippen LogP) is 4.86. The Kier molecular flexibility index (Phi) is 6.41. The molecule has 37 heavy (non-hydrogen) atoms. The van der Waals surface area contributed by atoms with Crippen molar-refractivity contribution in [1.82, 2.24) is 20.0 Å². The van der Waals surface area contributed by atoms with Gasteiger partial charge in [0.2, 0.25) is 5.89 Å². The standard InChI is InChI=1S/C26H19N5O6/c1-35-21-13-9-17(10-14-21)24-22(15-30(29-24)19-5-3-2-4-6-19)26(32)36-16-23-27-28-25(37-23)18-7-11-20(12-8-18)31(33)34/h2-15H,16H2,1H3. The molecule has 0 aliphatic carbocycles. The van der Waals surface area contributed by atoms with Crippen molar-refractivity contribution in [2.75, 3.05) is 7.11 Å². The Labute approximate surface area is 210 Å². The van der Waals surface area contributed by atoms with Crippen molar-refractivity contribution in [2.24, 2.45) is 0 Å². The Balaban J connectivity index is 1.37. The van der Waals surface area contributed by atoms with Crippen molar-refractivity contribution in [3.05, 3.63) is 107 Å². The topological polar surface area (TPSA) is 135 Å². The smallest absolute Gasteiger partial charge is 0.342 e. The van der Waals surface area contributed by atoms with Gasteiger partial charge in [0.1, 0.15) is 17.0 Å². The van der Waals surface area contributed by atoms with Crippen molar-refractivity contribution < 1.29 is 23.6 Å². The first-order chi connectivity index (χ1) is 18.0. The van der Waals surface area contributed by atoms with E-state index < -0.39 is 10.9 Å². The third-order valence-corrected chi connectivity index (χ3v) is 5.44. The molecule has 0 bridgehead atoms. The molecule has 2 aromatic heterocycles. The zero-order valence-electron chi connectivity index (χ0n) is 19.5. The highest BCUT2D eigenvalue weighted by Gasteiger charge is 2.21. The summed E-state index contributed by atoms with van der Waals surface area (Å²) in [5, 5.41) is 23.3. The number of nitrogens with zero attached hydrogens (tertiary/aromatic N) is 5. The molecular weight excluding hydrogens is 478 g/mol. The molecule has 0 radical (unpaired) electrons. The van der Waals surface area contributed by atoms with Gasteiger partial charge in [0.05, 0.1) is 17.7 Å². The van der Waals surface area contributed by atoms with Gasteiger partial charge in [-0.25, -0.2) is 9.48 Å². The molecule has 0 saturated heterocycles. The second-order valence-corrected chi connectivity index (χ2v) is 7.78. The number of nitro benzene ring substituents is 1. The van der Waals surface area contributed by atoms with Crippen molar-refractivity contribution in [3.8, 4) is 34.1 Å². The van der Waals surface area contributed by atoms with Crippen LogP contribution >= 0.6 is 0 Å². The third kappa shape index (κ3) is 5.05. The lowest BCUT2D eigenvalue weighted by Crippen LogP contribution is -2.06. The molecule has 11 heteroatoms. The van der Waals surface area contributed by atoms with Crippen LogP contribution < -0.4 is 4.74 Å². The molecule has 184 valence electrons. The highest BCUT2D eigenvalue weighted by Crippen LogP contribution is 2.27. The number of ether oxygens (including phenoxy) is 2. The second kappa shape index (κ2) is 10.1. The average molecular weight is 497 g/mol. The number of hydrogen-bond acceptors (Lipinski definition) is 9. The zero-order chi connectivity index (χ0) is 25.8. The summed E-state index contributed by atoms with van der Waals surface area (Å²) >= 11 is 0. The van der Waals surface area contributed by atoms with Gasteiger partial charge in [-0.15, -0.1) is 10.2 Å². The van der Waals surface area contributed by atoms with Crippen LogP contribution in [-0.2, 0) is 11.3 Å². The van der Waals surface area contributed by atoms with Crippen LogP contribution in [0.5, 0.6) is 5.75 Å². The van der Waals surface area contributed by atoms with E-state index in [0.717, 1.165) is 5.69 Å². The number of rotatable bonds is 8. The Morgan fingerprint density at radius 3 is 2.35 bits per heavy atom. The molecule has 0 amide bonds. The van der Waals surface area contributed by atoms with E-state index in [9.17, 15) is 14.9 Å². The van der Waals surface area contributed by atoms with Gasteiger partial charge in [-0.2, -0.15) is 5.10 Å². The second-order valence-electron chi connectivity index (χ2n) is 7.78. The summed E-state index contributed by atoms with van der Waals surface area (Å²) in [6.45, 7) is -0.266. The zero-order valence-corrected chi connectivity index (χ0v) is 19.5. The summed E-state index contributed by atoms with van der Waals surface area (Å²) in [5.41, 5.74) is 2.63. The molecule has 3 aromatic carbocycles. The maximum atomic E-state index is 13.1. The summed E-state index contributed by atoms with van der Waals surface area (Å²) in [4.78, 5) is 23.4. The van der Waals surface area contributed by atoms with Gasteiger partial charge in [-0.3, -0.25) is 10.1 Å². The van der Waals surface area contributed by atoms with Crippen molar-refractivity contribution >= 4 is 11.7 Å². The molecular formula is C26H19N5O6. The molecule has 0 aliphatic heterocycles. The summed E-state index contributed by atoms with van der Waals surface area (Å²) in [5.74, 6) is 0.276. The predicted molar refractivity (Wildman–Crippen MR) is 131 cm³/mol. The minimum Gasteiger partial charge on any atom is -0.497 e. The van der Waals surface area contributed by atoms with Crippen LogP contribution in [0.4, 0.5) is 5.69 Å². The van der Waals surface area contributed by atoms with E-state index in [2.05, 4.69) is 15.3 Å². The van der Waals surface area contributed by atoms with Crippen molar-refractivity contribution in [3.63, 3.8) is 0 Å². The van der Waals surface area contributed by atoms with Gasteiger partial charge in [-0.05, 0) is 48.5 Å². The first-order valence-electron chi connectivity index (χ1n) is 11.1. The SMILES string of the molecule is COc1ccc(-c2nn(-c3ccccc3)cc2C(=O)OCc2nnc(-c3ccc([N+](=O)[O-])cc3)o2)cc1. The normalized spacial score (nSPS) is 10.7. The highest BCUT2D eigenvalue weighted by atomic mass is 16.6. The number of benzene rings is 3. The van der Waals surface area contributed by atoms with Crippen LogP contribution in [0, 0.1) is 10.1 Å². The van der Waals surface area contributed by atoms with E-state index in [1.807, 2.05) is 42.5 Å².